The average Bonchev–Trinajstić information content (AvgIpc) is 2.98. The zero-order chi connectivity index (χ0) is 19.3. The van der Waals surface area contributed by atoms with Gasteiger partial charge in [0.2, 0.25) is 0 Å². The molecule has 1 aromatic carbocycles. The normalized spacial score (nSPS) is 12.0. The van der Waals surface area contributed by atoms with E-state index in [4.69, 9.17) is 21.3 Å². The molecule has 3 amide bonds. The lowest BCUT2D eigenvalue weighted by molar-refractivity contribution is 0.0485. The van der Waals surface area contributed by atoms with Gasteiger partial charge in [0, 0.05) is 12.1 Å². The van der Waals surface area contributed by atoms with Crippen LogP contribution < -0.4 is 21.5 Å². The highest BCUT2D eigenvalue weighted by Crippen LogP contribution is 2.32. The molecule has 1 aromatic heterocycles. The Hall–Kier alpha value is -3.04. The molecule has 2 rings (SSSR count). The number of rotatable bonds is 8. The first-order valence-electron chi connectivity index (χ1n) is 8.00. The maximum Gasteiger partial charge on any atom is 0.317 e. The molecule has 0 bridgehead atoms. The zero-order valence-electron chi connectivity index (χ0n) is 14.7. The monoisotopic (exact) mass is 361 g/mol. The second-order valence-corrected chi connectivity index (χ2v) is 5.74. The molecular formula is C17H23N5O4. The number of aliphatic hydroxyl groups is 1. The lowest BCUT2D eigenvalue weighted by Crippen LogP contribution is -2.35. The second kappa shape index (κ2) is 8.37. The van der Waals surface area contributed by atoms with Gasteiger partial charge in [-0.25, -0.2) is 4.79 Å². The first-order valence-corrected chi connectivity index (χ1v) is 8.00. The van der Waals surface area contributed by atoms with Gasteiger partial charge in [-0.15, -0.1) is 0 Å². The summed E-state index contributed by atoms with van der Waals surface area (Å²) in [4.78, 5) is 27.5. The van der Waals surface area contributed by atoms with E-state index < -0.39 is 11.9 Å². The number of nitrogens with one attached hydrogen (secondary N) is 2. The van der Waals surface area contributed by atoms with Gasteiger partial charge in [-0.1, -0.05) is 12.1 Å². The van der Waals surface area contributed by atoms with E-state index in [1.54, 1.807) is 12.1 Å². The molecule has 1 heterocycles. The Morgan fingerprint density at radius 2 is 2.04 bits per heavy atom. The van der Waals surface area contributed by atoms with Gasteiger partial charge in [-0.2, -0.15) is 0 Å². The number of primary amides is 2. The van der Waals surface area contributed by atoms with Gasteiger partial charge in [0.15, 0.2) is 0 Å². The fourth-order valence-corrected chi connectivity index (χ4v) is 2.42. The number of anilines is 1. The summed E-state index contributed by atoms with van der Waals surface area (Å²) >= 11 is 0. The van der Waals surface area contributed by atoms with E-state index in [9.17, 15) is 9.59 Å². The van der Waals surface area contributed by atoms with Gasteiger partial charge in [0.05, 0.1) is 17.9 Å². The molecule has 1 unspecified atom stereocenters. The predicted molar refractivity (Wildman–Crippen MR) is 97.8 cm³/mol. The predicted octanol–water partition coefficient (Wildman–Crippen LogP) is 0.920. The van der Waals surface area contributed by atoms with Gasteiger partial charge < -0.3 is 26.3 Å². The van der Waals surface area contributed by atoms with Crippen LogP contribution in [0.4, 0.5) is 10.6 Å². The van der Waals surface area contributed by atoms with Gasteiger partial charge in [-0.3, -0.25) is 15.0 Å². The van der Waals surface area contributed by atoms with Crippen LogP contribution in [0.2, 0.25) is 0 Å². The Balaban J connectivity index is 2.37. The number of para-hydroxylation sites is 1. The Bertz CT molecular complexity index is 789. The molecule has 0 saturated heterocycles. The number of benzene rings is 1. The molecular weight excluding hydrogens is 338 g/mol. The number of carbonyl (C=O) groups excluding carboxylic acids is 2. The van der Waals surface area contributed by atoms with Crippen LogP contribution in [0.5, 0.6) is 5.75 Å². The number of likely N-dealkylation sites (N-methyl/N-ethyl adjacent to an activating group) is 1. The van der Waals surface area contributed by atoms with Crippen molar-refractivity contribution in [2.45, 2.75) is 13.2 Å². The quantitative estimate of drug-likeness (QED) is 0.444. The van der Waals surface area contributed by atoms with Crippen LogP contribution in [0.1, 0.15) is 17.3 Å². The average molecular weight is 361 g/mol. The van der Waals surface area contributed by atoms with Crippen LogP contribution in [-0.4, -0.2) is 53.4 Å². The topological polar surface area (TPSA) is 147 Å². The number of aromatic amines is 1. The molecule has 26 heavy (non-hydrogen) atoms. The van der Waals surface area contributed by atoms with Crippen LogP contribution in [0.15, 0.2) is 30.3 Å². The molecule has 0 saturated carbocycles. The minimum absolute atomic E-state index is 0.0204. The Kier molecular flexibility index (Phi) is 6.21. The first-order chi connectivity index (χ1) is 12.3. The van der Waals surface area contributed by atoms with E-state index >= 15 is 0 Å². The molecule has 140 valence electrons. The number of nitrogens with zero attached hydrogens (tertiary/aromatic N) is 1. The SMILES string of the molecule is CC(Oc1ccccc1-c1cc(C(N)=O)c(NC(N)=O)[nH]1)N(C)CCO. The maximum absolute atomic E-state index is 11.6. The summed E-state index contributed by atoms with van der Waals surface area (Å²) in [5.41, 5.74) is 11.8. The van der Waals surface area contributed by atoms with Crippen molar-refractivity contribution in [1.82, 2.24) is 9.88 Å². The molecule has 9 nitrogen and oxygen atoms in total. The lowest BCUT2D eigenvalue weighted by atomic mass is 10.1. The molecule has 2 aromatic rings. The van der Waals surface area contributed by atoms with Crippen molar-refractivity contribution in [1.29, 1.82) is 0 Å². The van der Waals surface area contributed by atoms with Crippen molar-refractivity contribution in [2.24, 2.45) is 11.5 Å². The number of ether oxygens (including phenoxy) is 1. The summed E-state index contributed by atoms with van der Waals surface area (Å²) in [7, 11) is 1.83. The second-order valence-electron chi connectivity index (χ2n) is 5.74. The van der Waals surface area contributed by atoms with Crippen molar-refractivity contribution >= 4 is 17.8 Å². The zero-order valence-corrected chi connectivity index (χ0v) is 14.7. The van der Waals surface area contributed by atoms with Crippen LogP contribution in [0.25, 0.3) is 11.3 Å². The van der Waals surface area contributed by atoms with Gasteiger partial charge in [0.25, 0.3) is 5.91 Å². The number of amides is 3. The molecule has 0 aliphatic rings. The van der Waals surface area contributed by atoms with Crippen molar-refractivity contribution in [3.63, 3.8) is 0 Å². The van der Waals surface area contributed by atoms with Crippen molar-refractivity contribution in [3.8, 4) is 17.0 Å². The highest BCUT2D eigenvalue weighted by atomic mass is 16.5. The molecule has 0 spiro atoms. The molecule has 0 fully saturated rings. The van der Waals surface area contributed by atoms with Gasteiger partial charge in [0.1, 0.15) is 17.8 Å². The maximum atomic E-state index is 11.6. The van der Waals surface area contributed by atoms with Crippen molar-refractivity contribution in [3.05, 3.63) is 35.9 Å². The van der Waals surface area contributed by atoms with Crippen LogP contribution >= 0.6 is 0 Å². The van der Waals surface area contributed by atoms with E-state index in [0.29, 0.717) is 23.6 Å². The first kappa shape index (κ1) is 19.3. The van der Waals surface area contributed by atoms with E-state index in [2.05, 4.69) is 10.3 Å². The Labute approximate surface area is 150 Å². The number of hydrogen-bond donors (Lipinski definition) is 5. The highest BCUT2D eigenvalue weighted by molar-refractivity contribution is 6.03. The summed E-state index contributed by atoms with van der Waals surface area (Å²) in [5, 5.41) is 11.4. The van der Waals surface area contributed by atoms with Gasteiger partial charge in [-0.05, 0) is 32.2 Å². The third-order valence-corrected chi connectivity index (χ3v) is 3.88. The number of urea groups is 1. The number of H-pyrrole nitrogens is 1. The summed E-state index contributed by atoms with van der Waals surface area (Å²) < 4.78 is 5.97. The van der Waals surface area contributed by atoms with E-state index in [-0.39, 0.29) is 24.2 Å². The number of hydrogen-bond acceptors (Lipinski definition) is 5. The van der Waals surface area contributed by atoms with Crippen LogP contribution in [0, 0.1) is 0 Å². The molecule has 9 heteroatoms. The third kappa shape index (κ3) is 4.52. The molecule has 0 radical (unpaired) electrons. The number of carbonyl (C=O) groups is 2. The highest BCUT2D eigenvalue weighted by Gasteiger charge is 2.18. The van der Waals surface area contributed by atoms with Crippen molar-refractivity contribution in [2.75, 3.05) is 25.5 Å². The minimum Gasteiger partial charge on any atom is -0.475 e. The largest absolute Gasteiger partial charge is 0.475 e. The smallest absolute Gasteiger partial charge is 0.317 e. The summed E-state index contributed by atoms with van der Waals surface area (Å²) in [6.45, 7) is 2.34. The number of aliphatic hydroxyl groups excluding tert-OH is 1. The fraction of sp³-hybridized carbons (Fsp3) is 0.294. The Morgan fingerprint density at radius 1 is 1.35 bits per heavy atom. The lowest BCUT2D eigenvalue weighted by Gasteiger charge is -2.25. The van der Waals surface area contributed by atoms with E-state index in [1.165, 1.54) is 6.07 Å². The minimum atomic E-state index is -0.815. The standard InChI is InChI=1S/C17H23N5O4/c1-10(22(2)7-8-23)26-14-6-4-3-5-11(14)13-9-12(15(18)24)16(20-13)21-17(19)25/h3-6,9-10,20,23H,7-8H2,1-2H3,(H2,18,24)(H3,19,21,25). The molecule has 1 atom stereocenters. The Morgan fingerprint density at radius 3 is 2.65 bits per heavy atom. The molecule has 0 aliphatic heterocycles. The van der Waals surface area contributed by atoms with E-state index in [0.717, 1.165) is 0 Å². The molecule has 0 aliphatic carbocycles. The number of nitrogens with two attached hydrogens (primary N) is 2. The fourth-order valence-electron chi connectivity index (χ4n) is 2.42. The summed E-state index contributed by atoms with van der Waals surface area (Å²) in [6, 6.07) is 7.93. The third-order valence-electron chi connectivity index (χ3n) is 3.88. The van der Waals surface area contributed by atoms with E-state index in [1.807, 2.05) is 31.0 Å². The number of aromatic nitrogens is 1. The van der Waals surface area contributed by atoms with Crippen LogP contribution in [0.3, 0.4) is 0 Å². The van der Waals surface area contributed by atoms with Gasteiger partial charge >= 0.3 is 6.03 Å². The summed E-state index contributed by atoms with van der Waals surface area (Å²) in [6.07, 6.45) is -0.294. The van der Waals surface area contributed by atoms with Crippen LogP contribution in [-0.2, 0) is 0 Å². The molecule has 7 N–H and O–H groups in total. The van der Waals surface area contributed by atoms with Crippen molar-refractivity contribution < 1.29 is 19.4 Å². The summed E-state index contributed by atoms with van der Waals surface area (Å²) in [5.74, 6) is -0.0152.